The fraction of sp³-hybridized carbons (Fsp3) is 0.524. The zero-order valence-corrected chi connectivity index (χ0v) is 19.4. The number of hydrogen-bond donors (Lipinski definition) is 0. The van der Waals surface area contributed by atoms with Crippen molar-refractivity contribution >= 4 is 46.1 Å². The van der Waals surface area contributed by atoms with Crippen LogP contribution in [0.1, 0.15) is 37.5 Å². The molecule has 0 bridgehead atoms. The van der Waals surface area contributed by atoms with Gasteiger partial charge in [0.2, 0.25) is 0 Å². The third-order valence-electron chi connectivity index (χ3n) is 5.17. The van der Waals surface area contributed by atoms with Crippen molar-refractivity contribution in [2.24, 2.45) is 5.92 Å². The first-order valence-electron chi connectivity index (χ1n) is 10.1. The lowest BCUT2D eigenvalue weighted by Crippen LogP contribution is -2.41. The molecule has 0 N–H and O–H groups in total. The van der Waals surface area contributed by atoms with E-state index in [2.05, 4.69) is 11.0 Å². The van der Waals surface area contributed by atoms with Crippen molar-refractivity contribution in [3.8, 4) is 6.07 Å². The van der Waals surface area contributed by atoms with Crippen LogP contribution in [0.3, 0.4) is 0 Å². The predicted molar refractivity (Wildman–Crippen MR) is 124 cm³/mol. The number of morpholine rings is 1. The molecular weight excluding hydrogens is 420 g/mol. The Morgan fingerprint density at radius 2 is 1.97 bits per heavy atom. The summed E-state index contributed by atoms with van der Waals surface area (Å²) in [5.41, 5.74) is 1.11. The summed E-state index contributed by atoms with van der Waals surface area (Å²) in [6.45, 7) is 11.1. The average molecular weight is 447 g/mol. The summed E-state index contributed by atoms with van der Waals surface area (Å²) >= 11 is 6.70. The summed E-state index contributed by atoms with van der Waals surface area (Å²) < 4.78 is 7.64. The number of thioether (sulfide) groups is 1. The zero-order valence-electron chi connectivity index (χ0n) is 17.7. The highest BCUT2D eigenvalue weighted by molar-refractivity contribution is 8.26. The number of nitrogens with zero attached hydrogens (tertiary/aromatic N) is 4. The summed E-state index contributed by atoms with van der Waals surface area (Å²) in [5.74, 6) is 0.903. The van der Waals surface area contributed by atoms with Crippen molar-refractivity contribution in [2.75, 3.05) is 37.7 Å². The molecule has 30 heavy (non-hydrogen) atoms. The molecule has 0 unspecified atom stereocenters. The molecule has 1 aromatic heterocycles. The number of carbonyl (C=O) groups is 1. The van der Waals surface area contributed by atoms with Gasteiger partial charge >= 0.3 is 0 Å². The standard InChI is InChI=1S/C21H26N4O3S2/c1-5-24-18(23-6-8-28-9-7-23)15(14(4)16(11-22)19(24)26)10-17-20(27)25(12-13(2)3)21(29)30-17/h10,13H,5-9,12H2,1-4H3/b17-10-. The third-order valence-corrected chi connectivity index (χ3v) is 6.55. The van der Waals surface area contributed by atoms with E-state index >= 15 is 0 Å². The molecule has 2 aliphatic rings. The Morgan fingerprint density at radius 3 is 2.53 bits per heavy atom. The number of amides is 1. The van der Waals surface area contributed by atoms with Crippen LogP contribution in [0, 0.1) is 24.2 Å². The van der Waals surface area contributed by atoms with Gasteiger partial charge in [-0.15, -0.1) is 0 Å². The molecular formula is C21H26N4O3S2. The topological polar surface area (TPSA) is 78.6 Å². The Kier molecular flexibility index (Phi) is 7.01. The number of rotatable bonds is 5. The Hall–Kier alpha value is -2.15. The second-order valence-corrected chi connectivity index (χ2v) is 9.36. The molecule has 3 heterocycles. The number of nitriles is 1. The SMILES string of the molecule is CCn1c(N2CCOCC2)c(/C=C2\SC(=S)N(CC(C)C)C2=O)c(C)c(C#N)c1=O. The number of hydrogen-bond acceptors (Lipinski definition) is 7. The van der Waals surface area contributed by atoms with Crippen molar-refractivity contribution in [1.82, 2.24) is 9.47 Å². The van der Waals surface area contributed by atoms with Crippen molar-refractivity contribution in [1.29, 1.82) is 5.26 Å². The maximum absolute atomic E-state index is 13.0. The highest BCUT2D eigenvalue weighted by Gasteiger charge is 2.33. The van der Waals surface area contributed by atoms with Gasteiger partial charge < -0.3 is 9.64 Å². The van der Waals surface area contributed by atoms with Crippen LogP contribution in [0.2, 0.25) is 0 Å². The zero-order chi connectivity index (χ0) is 22.0. The summed E-state index contributed by atoms with van der Waals surface area (Å²) in [4.78, 5) is 30.2. The smallest absolute Gasteiger partial charge is 0.270 e. The molecule has 2 fully saturated rings. The van der Waals surface area contributed by atoms with Gasteiger partial charge in [-0.3, -0.25) is 19.1 Å². The van der Waals surface area contributed by atoms with Crippen LogP contribution in [0.15, 0.2) is 9.70 Å². The van der Waals surface area contributed by atoms with E-state index in [9.17, 15) is 14.9 Å². The minimum Gasteiger partial charge on any atom is -0.378 e. The molecule has 3 rings (SSSR count). The molecule has 0 saturated carbocycles. The number of aromatic nitrogens is 1. The lowest BCUT2D eigenvalue weighted by molar-refractivity contribution is -0.122. The molecule has 1 amide bonds. The molecule has 2 saturated heterocycles. The van der Waals surface area contributed by atoms with Crippen LogP contribution in [0.4, 0.5) is 5.82 Å². The van der Waals surface area contributed by atoms with E-state index in [1.54, 1.807) is 22.5 Å². The highest BCUT2D eigenvalue weighted by Crippen LogP contribution is 2.36. The van der Waals surface area contributed by atoms with Gasteiger partial charge in [0, 0.05) is 31.7 Å². The number of carbonyl (C=O) groups excluding carboxylic acids is 1. The molecule has 0 radical (unpaired) electrons. The Bertz CT molecular complexity index is 1000. The van der Waals surface area contributed by atoms with Crippen LogP contribution >= 0.6 is 24.0 Å². The Balaban J connectivity index is 2.19. The molecule has 1 aromatic rings. The Labute approximate surface area is 186 Å². The van der Waals surface area contributed by atoms with Crippen molar-refractivity contribution in [3.05, 3.63) is 31.9 Å². The van der Waals surface area contributed by atoms with Gasteiger partial charge in [0.15, 0.2) is 0 Å². The largest absolute Gasteiger partial charge is 0.378 e. The minimum absolute atomic E-state index is 0.109. The number of pyridine rings is 1. The number of ether oxygens (including phenoxy) is 1. The number of anilines is 1. The van der Waals surface area contributed by atoms with E-state index in [-0.39, 0.29) is 17.0 Å². The van der Waals surface area contributed by atoms with Crippen molar-refractivity contribution in [3.63, 3.8) is 0 Å². The third kappa shape index (κ3) is 4.17. The molecule has 9 heteroatoms. The molecule has 0 aromatic carbocycles. The molecule has 2 aliphatic heterocycles. The fourth-order valence-electron chi connectivity index (χ4n) is 3.71. The summed E-state index contributed by atoms with van der Waals surface area (Å²) in [5, 5.41) is 9.62. The maximum Gasteiger partial charge on any atom is 0.270 e. The van der Waals surface area contributed by atoms with Crippen LogP contribution in [-0.4, -0.2) is 52.5 Å². The highest BCUT2D eigenvalue weighted by atomic mass is 32.2. The van der Waals surface area contributed by atoms with Crippen LogP contribution in [0.5, 0.6) is 0 Å². The van der Waals surface area contributed by atoms with Crippen LogP contribution in [0.25, 0.3) is 6.08 Å². The van der Waals surface area contributed by atoms with Crippen molar-refractivity contribution in [2.45, 2.75) is 34.2 Å². The lowest BCUT2D eigenvalue weighted by atomic mass is 10.0. The Morgan fingerprint density at radius 1 is 1.30 bits per heavy atom. The molecule has 0 atom stereocenters. The summed E-state index contributed by atoms with van der Waals surface area (Å²) in [6, 6.07) is 2.05. The first-order valence-corrected chi connectivity index (χ1v) is 11.3. The normalized spacial score (nSPS) is 18.6. The maximum atomic E-state index is 13.0. The van der Waals surface area contributed by atoms with Gasteiger partial charge in [0.1, 0.15) is 21.8 Å². The van der Waals surface area contributed by atoms with E-state index < -0.39 is 0 Å². The second-order valence-electron chi connectivity index (χ2n) is 7.68. The minimum atomic E-state index is -0.302. The summed E-state index contributed by atoms with van der Waals surface area (Å²) in [6.07, 6.45) is 1.80. The molecule has 7 nitrogen and oxygen atoms in total. The lowest BCUT2D eigenvalue weighted by Gasteiger charge is -2.33. The van der Waals surface area contributed by atoms with E-state index in [1.807, 2.05) is 20.8 Å². The molecule has 0 spiro atoms. The van der Waals surface area contributed by atoms with E-state index in [0.717, 1.165) is 11.4 Å². The number of thiocarbonyl (C=S) groups is 1. The molecule has 0 aliphatic carbocycles. The second kappa shape index (κ2) is 9.33. The van der Waals surface area contributed by atoms with Gasteiger partial charge in [-0.1, -0.05) is 37.8 Å². The van der Waals surface area contributed by atoms with Gasteiger partial charge in [-0.05, 0) is 31.4 Å². The van der Waals surface area contributed by atoms with Crippen LogP contribution in [-0.2, 0) is 16.1 Å². The predicted octanol–water partition coefficient (Wildman–Crippen LogP) is 2.74. The van der Waals surface area contributed by atoms with E-state index in [4.69, 9.17) is 17.0 Å². The average Bonchev–Trinajstić information content (AvgIpc) is 2.97. The van der Waals surface area contributed by atoms with Gasteiger partial charge in [-0.25, -0.2) is 0 Å². The quantitative estimate of drug-likeness (QED) is 0.508. The summed E-state index contributed by atoms with van der Waals surface area (Å²) in [7, 11) is 0. The monoisotopic (exact) mass is 446 g/mol. The van der Waals surface area contributed by atoms with Gasteiger partial charge in [0.05, 0.1) is 18.1 Å². The van der Waals surface area contributed by atoms with E-state index in [0.29, 0.717) is 60.1 Å². The van der Waals surface area contributed by atoms with Gasteiger partial charge in [-0.2, -0.15) is 5.26 Å². The first kappa shape index (κ1) is 22.5. The van der Waals surface area contributed by atoms with E-state index in [1.165, 1.54) is 11.8 Å². The van der Waals surface area contributed by atoms with Crippen molar-refractivity contribution < 1.29 is 9.53 Å². The molecule has 160 valence electrons. The van der Waals surface area contributed by atoms with Crippen LogP contribution < -0.4 is 10.5 Å². The van der Waals surface area contributed by atoms with Gasteiger partial charge in [0.25, 0.3) is 11.5 Å². The first-order chi connectivity index (χ1) is 14.3. The fourth-order valence-corrected chi connectivity index (χ4v) is 4.96.